The fraction of sp³-hybridized carbons (Fsp3) is 0.486. The molecule has 3 saturated heterocycles. The van der Waals surface area contributed by atoms with Gasteiger partial charge in [-0.2, -0.15) is 0 Å². The number of carbonyl (C=O) groups is 8. The Morgan fingerprint density at radius 1 is 0.679 bits per heavy atom. The van der Waals surface area contributed by atoms with Gasteiger partial charge in [0.1, 0.15) is 95.5 Å². The second-order valence-corrected chi connectivity index (χ2v) is 29.9. The molecule has 0 unspecified atom stereocenters. The van der Waals surface area contributed by atoms with E-state index in [2.05, 4.69) is 42.7 Å². The number of rotatable bonds is 16. The minimum atomic E-state index is -2.34. The first-order valence-corrected chi connectivity index (χ1v) is 36.2. The lowest BCUT2D eigenvalue weighted by Gasteiger charge is -2.47. The molecule has 0 aliphatic carbocycles. The number of hydroxylamine groups is 1. The molecule has 3 fully saturated rings. The molecular formula is C74H92ClN11O26. The summed E-state index contributed by atoms with van der Waals surface area (Å²) in [5.74, 6) is -14.5. The second-order valence-electron chi connectivity index (χ2n) is 29.5. The molecule has 0 saturated carbocycles. The summed E-state index contributed by atoms with van der Waals surface area (Å²) < 4.78 is 51.9. The average Bonchev–Trinajstić information content (AvgIpc) is 0.765. The van der Waals surface area contributed by atoms with Crippen LogP contribution in [-0.4, -0.2) is 217 Å². The Kier molecular flexibility index (Phi) is 25.3. The summed E-state index contributed by atoms with van der Waals surface area (Å²) in [7, 11) is 2.54. The zero-order valence-electron chi connectivity index (χ0n) is 61.8. The van der Waals surface area contributed by atoms with Crippen LogP contribution in [0.1, 0.15) is 125 Å². The number of carbonyl (C=O) groups excluding carboxylic acids is 8. The van der Waals surface area contributed by atoms with Crippen LogP contribution in [0.15, 0.2) is 84.9 Å². The van der Waals surface area contributed by atoms with Gasteiger partial charge in [-0.25, -0.2) is 5.48 Å². The van der Waals surface area contributed by atoms with Crippen LogP contribution in [0.5, 0.6) is 46.0 Å². The molecule has 8 heterocycles. The summed E-state index contributed by atoms with van der Waals surface area (Å²) in [6.45, 7) is 8.71. The summed E-state index contributed by atoms with van der Waals surface area (Å²) >= 11 is 7.15. The number of aliphatic hydroxyl groups excluding tert-OH is 6. The number of likely N-dealkylation sites (N-methyl/N-ethyl adjacent to an activating group) is 1. The third-order valence-corrected chi connectivity index (χ3v) is 20.6. The van der Waals surface area contributed by atoms with Crippen molar-refractivity contribution in [3.63, 3.8) is 0 Å². The zero-order chi connectivity index (χ0) is 81.4. The number of aromatic hydroxyl groups is 3. The summed E-state index contributed by atoms with van der Waals surface area (Å²) in [5, 5.41) is 122. The lowest BCUT2D eigenvalue weighted by molar-refractivity contribution is -0.333. The summed E-state index contributed by atoms with van der Waals surface area (Å²) in [5.41, 5.74) is 16.1. The van der Waals surface area contributed by atoms with Crippen molar-refractivity contribution in [2.75, 3.05) is 20.8 Å². The van der Waals surface area contributed by atoms with Crippen LogP contribution in [0, 0.1) is 5.92 Å². The van der Waals surface area contributed by atoms with Gasteiger partial charge in [-0.1, -0.05) is 49.7 Å². The molecule has 8 aliphatic heterocycles. The maximum absolute atomic E-state index is 16.4. The number of aliphatic hydroxyl groups is 6. The summed E-state index contributed by atoms with van der Waals surface area (Å²) in [6.07, 6.45) is -22.2. The Labute approximate surface area is 645 Å². The molecule has 8 aliphatic rings. The van der Waals surface area contributed by atoms with Gasteiger partial charge in [0.25, 0.3) is 5.91 Å². The normalized spacial score (nSPS) is 31.8. The van der Waals surface area contributed by atoms with Crippen molar-refractivity contribution in [2.24, 2.45) is 23.1 Å². The molecule has 11 bridgehead atoms. The van der Waals surface area contributed by atoms with Gasteiger partial charge in [-0.15, -0.1) is 0 Å². The quantitative estimate of drug-likeness (QED) is 0.0542. The molecule has 22 atom stereocenters. The Hall–Kier alpha value is -9.65. The smallest absolute Gasteiger partial charge is 0.270 e. The van der Waals surface area contributed by atoms with Crippen LogP contribution in [0.2, 0.25) is 5.02 Å². The number of benzene rings is 5. The van der Waals surface area contributed by atoms with Crippen LogP contribution in [-0.2, 0) is 66.9 Å². The first-order chi connectivity index (χ1) is 52.9. The Morgan fingerprint density at radius 2 is 1.29 bits per heavy atom. The number of nitrogens with one attached hydrogen (secondary N) is 8. The van der Waals surface area contributed by atoms with Crippen molar-refractivity contribution in [1.29, 1.82) is 0 Å². The highest BCUT2D eigenvalue weighted by molar-refractivity contribution is 6.32. The Morgan fingerprint density at radius 3 is 1.89 bits per heavy atom. The molecule has 0 spiro atoms. The molecule has 38 heteroatoms. The molecule has 112 heavy (non-hydrogen) atoms. The van der Waals surface area contributed by atoms with E-state index in [0.717, 1.165) is 55.6 Å². The highest BCUT2D eigenvalue weighted by Gasteiger charge is 2.52. The number of primary amides is 1. The van der Waals surface area contributed by atoms with Crippen molar-refractivity contribution < 1.29 is 127 Å². The van der Waals surface area contributed by atoms with Gasteiger partial charge in [-0.3, -0.25) is 43.2 Å². The van der Waals surface area contributed by atoms with Crippen LogP contribution in [0.3, 0.4) is 0 Å². The van der Waals surface area contributed by atoms with E-state index in [0.29, 0.717) is 0 Å². The van der Waals surface area contributed by atoms with Gasteiger partial charge in [0.2, 0.25) is 53.4 Å². The summed E-state index contributed by atoms with van der Waals surface area (Å²) in [4.78, 5) is 126. The molecule has 5 aromatic rings. The van der Waals surface area contributed by atoms with Crippen LogP contribution < -0.4 is 74.1 Å². The standard InChI is InChI=1S/C74H92ClN11O26/c1-28(2)17-40(79-7)65(97)84-55-57(92)33-12-16-44(39(75)19-33)108-46-21-34-20-45(61(46)112-72-62(59(94)58(93)47(27-87)109-72)111-50-26-74(6,78)64(96)30(4)106-50)107-36-13-9-31(10-14-36)60(110-49-25-73(5,77)63(95)29(3)105-49)56-70(102)83-54(71(103)86-104-8)38-22-35(88)23-43(90)51(38)37-18-32(11-15-42(37)89)52(67(99)85-56)82-68(100)53(34)81-66(98)41(24-48(76)91)80-69(55)101/h9-16,18-23,28-30,40-41,47,49-50,52-60,62-64,72,79,87-90,92-96H,17,24-27,77-78H2,1-8H3,(H2,76,91)(H,80,101)(H,81,98)(H,82,100)(H,83,102)(H,84,97)(H,85,99)(H,86,103)/t29-,30-,40+,41-,47+,49-,50-,52+,53+,54-,55+,56-,57+,58+,59-,60+,62+,63-,64-,72-,73-,74-/m0/s1. The second kappa shape index (κ2) is 34.0. The number of hydrogen-bond donors (Lipinski definition) is 20. The number of fused-ring (bicyclic) bond motifs is 15. The van der Waals surface area contributed by atoms with Gasteiger partial charge in [0.15, 0.2) is 30.2 Å². The maximum Gasteiger partial charge on any atom is 0.270 e. The first-order valence-electron chi connectivity index (χ1n) is 35.8. The predicted octanol–water partition coefficient (Wildman–Crippen LogP) is -0.717. The zero-order valence-corrected chi connectivity index (χ0v) is 62.6. The van der Waals surface area contributed by atoms with E-state index in [1.165, 1.54) is 71.1 Å². The third-order valence-electron chi connectivity index (χ3n) is 20.3. The highest BCUT2D eigenvalue weighted by atomic mass is 35.5. The van der Waals surface area contributed by atoms with E-state index in [1.54, 1.807) is 0 Å². The maximum atomic E-state index is 16.4. The summed E-state index contributed by atoms with van der Waals surface area (Å²) in [6, 6.07) is 2.22. The predicted molar refractivity (Wildman–Crippen MR) is 388 cm³/mol. The Bertz CT molecular complexity index is 4390. The van der Waals surface area contributed by atoms with E-state index in [1.807, 2.05) is 13.8 Å². The van der Waals surface area contributed by atoms with E-state index in [-0.39, 0.29) is 58.4 Å². The van der Waals surface area contributed by atoms with Crippen molar-refractivity contribution in [3.8, 4) is 57.1 Å². The van der Waals surface area contributed by atoms with Crippen molar-refractivity contribution in [1.82, 2.24) is 42.7 Å². The minimum absolute atomic E-state index is 0.0132. The SMILES string of the molecule is CN[C@H](CC(C)C)C(=O)N[C@H]1C(=O)N[C@@H](CC(N)=O)C(=O)N[C@H]2C(=O)N[C@H]3C(=O)N[C@H](C(=O)N[C@H](C(=O)NOC)c4cc(O)cc(O)c4-c4cc3ccc4O)[C@H](O[C@H]3C[C@](C)(N)[C@@H](O)[C@H](C)O3)c3ccc(cc3)Oc3cc2cc(c3O[C@@H]2O[C@H](CO)[C@@H](O)[C@H](O)[C@H]2O[C@H]2C[C@](C)(N)[C@@H](O)[C@H](C)O2)Oc2ccc(cc2Cl)[C@H]1O. The fourth-order valence-electron chi connectivity index (χ4n) is 14.4. The van der Waals surface area contributed by atoms with Crippen molar-refractivity contribution >= 4 is 58.9 Å². The fourth-order valence-corrected chi connectivity index (χ4v) is 14.6. The largest absolute Gasteiger partial charge is 0.508 e. The molecule has 23 N–H and O–H groups in total. The third kappa shape index (κ3) is 17.9. The Balaban J connectivity index is 1.18. The van der Waals surface area contributed by atoms with Gasteiger partial charge in [-0.05, 0) is 129 Å². The van der Waals surface area contributed by atoms with Gasteiger partial charge in [0.05, 0.1) is 55.6 Å². The van der Waals surface area contributed by atoms with Gasteiger partial charge in [0, 0.05) is 41.1 Å². The van der Waals surface area contributed by atoms with Crippen LogP contribution >= 0.6 is 11.6 Å². The first kappa shape index (κ1) is 83.3. The van der Waals surface area contributed by atoms with Crippen molar-refractivity contribution in [2.45, 2.75) is 201 Å². The number of nitrogens with two attached hydrogens (primary N) is 3. The lowest BCUT2D eigenvalue weighted by atomic mass is 9.86. The minimum Gasteiger partial charge on any atom is -0.508 e. The molecule has 606 valence electrons. The van der Waals surface area contributed by atoms with E-state index in [9.17, 15) is 60.3 Å². The molecular weight excluding hydrogens is 1490 g/mol. The number of ether oxygens (including phenoxy) is 8. The molecule has 13 rings (SSSR count). The molecule has 0 radical (unpaired) electrons. The highest BCUT2D eigenvalue weighted by Crippen LogP contribution is 2.50. The van der Waals surface area contributed by atoms with E-state index < -0.39 is 250 Å². The molecule has 8 amide bonds. The number of phenolic OH excluding ortho intramolecular Hbond substituents is 3. The van der Waals surface area contributed by atoms with Crippen LogP contribution in [0.25, 0.3) is 11.1 Å². The number of amides is 8. The molecule has 5 aromatic carbocycles. The number of hydrogen-bond acceptors (Lipinski definition) is 29. The molecule has 0 aromatic heterocycles. The average molecular weight is 1590 g/mol. The van der Waals surface area contributed by atoms with Crippen LogP contribution in [0.4, 0.5) is 0 Å². The monoisotopic (exact) mass is 1590 g/mol. The lowest BCUT2D eigenvalue weighted by Crippen LogP contribution is -2.64. The topological polar surface area (TPSA) is 576 Å². The van der Waals surface area contributed by atoms with Gasteiger partial charge < -0.3 is 138 Å². The van der Waals surface area contributed by atoms with E-state index in [4.69, 9.17) is 71.5 Å². The number of halogens is 1. The van der Waals surface area contributed by atoms with E-state index >= 15 is 24.0 Å². The van der Waals surface area contributed by atoms with Crippen molar-refractivity contribution in [3.05, 3.63) is 118 Å². The number of phenols is 3. The molecule has 37 nitrogen and oxygen atoms in total. The van der Waals surface area contributed by atoms with Gasteiger partial charge >= 0.3 is 0 Å².